The minimum Gasteiger partial charge on any atom is -0.385 e. The second-order valence-corrected chi connectivity index (χ2v) is 11.1. The molecule has 0 heterocycles. The molecule has 176 valence electrons. The molecule has 1 unspecified atom stereocenters. The van der Waals surface area contributed by atoms with Crippen LogP contribution in [0, 0.1) is 24.2 Å². The molecule has 1 aromatic rings. The highest BCUT2D eigenvalue weighted by atomic mass is 14.9. The van der Waals surface area contributed by atoms with Gasteiger partial charge in [-0.25, -0.2) is 0 Å². The first-order valence-corrected chi connectivity index (χ1v) is 13.9. The molecule has 0 saturated heterocycles. The van der Waals surface area contributed by atoms with Gasteiger partial charge in [-0.05, 0) is 105 Å². The summed E-state index contributed by atoms with van der Waals surface area (Å²) < 4.78 is 0. The first-order chi connectivity index (χ1) is 15.1. The van der Waals surface area contributed by atoms with Crippen LogP contribution in [0.2, 0.25) is 0 Å². The summed E-state index contributed by atoms with van der Waals surface area (Å²) in [4.78, 5) is 0. The lowest BCUT2D eigenvalue weighted by Gasteiger charge is -2.48. The summed E-state index contributed by atoms with van der Waals surface area (Å²) in [5, 5.41) is 3.60. The summed E-state index contributed by atoms with van der Waals surface area (Å²) >= 11 is 0. The van der Waals surface area contributed by atoms with Crippen LogP contribution in [0.15, 0.2) is 18.2 Å². The van der Waals surface area contributed by atoms with E-state index in [1.165, 1.54) is 108 Å². The summed E-state index contributed by atoms with van der Waals surface area (Å²) in [6.07, 6.45) is 21.8. The molecule has 2 fully saturated rings. The molecule has 0 spiro atoms. The van der Waals surface area contributed by atoms with Crippen LogP contribution in [-0.4, -0.2) is 6.54 Å². The van der Waals surface area contributed by atoms with Gasteiger partial charge in [-0.3, -0.25) is 0 Å². The summed E-state index contributed by atoms with van der Waals surface area (Å²) in [7, 11) is 0. The Kier molecular flexibility index (Phi) is 9.79. The maximum atomic E-state index is 3.60. The molecule has 1 nitrogen and oxygen atoms in total. The Morgan fingerprint density at radius 1 is 0.935 bits per heavy atom. The molecule has 31 heavy (non-hydrogen) atoms. The molecular formula is C30H51N. The van der Waals surface area contributed by atoms with Gasteiger partial charge in [0.1, 0.15) is 0 Å². The van der Waals surface area contributed by atoms with Gasteiger partial charge in [0.2, 0.25) is 0 Å². The quantitative estimate of drug-likeness (QED) is 0.348. The highest BCUT2D eigenvalue weighted by Gasteiger charge is 2.42. The molecule has 1 aromatic carbocycles. The van der Waals surface area contributed by atoms with E-state index in [-0.39, 0.29) is 0 Å². The molecule has 0 bridgehead atoms. The van der Waals surface area contributed by atoms with Gasteiger partial charge in [0.25, 0.3) is 0 Å². The molecule has 0 radical (unpaired) electrons. The minimum absolute atomic E-state index is 0.688. The summed E-state index contributed by atoms with van der Waals surface area (Å²) in [5.41, 5.74) is 5.08. The average molecular weight is 426 g/mol. The molecule has 2 aliphatic rings. The highest BCUT2D eigenvalue weighted by Crippen LogP contribution is 2.54. The van der Waals surface area contributed by atoms with Crippen molar-refractivity contribution in [2.45, 2.75) is 130 Å². The van der Waals surface area contributed by atoms with E-state index in [0.29, 0.717) is 11.3 Å². The third-order valence-electron chi connectivity index (χ3n) is 9.10. The van der Waals surface area contributed by atoms with Crippen molar-refractivity contribution in [1.82, 2.24) is 0 Å². The number of hydrogen-bond acceptors (Lipinski definition) is 1. The number of hydrogen-bond donors (Lipinski definition) is 1. The highest BCUT2D eigenvalue weighted by molar-refractivity contribution is 5.49. The Labute approximate surface area is 194 Å². The van der Waals surface area contributed by atoms with E-state index in [2.05, 4.69) is 51.2 Å². The third kappa shape index (κ3) is 6.52. The van der Waals surface area contributed by atoms with E-state index in [0.717, 1.165) is 18.4 Å². The van der Waals surface area contributed by atoms with E-state index < -0.39 is 0 Å². The Morgan fingerprint density at radius 3 is 2.29 bits per heavy atom. The SMILES string of the molecule is CCCCC[C@]1(C2CCCCC2)CC[C@H](C(C)c2ccc(NCCCC)cc2C)CC1. The molecule has 1 N–H and O–H groups in total. The molecule has 1 atom stereocenters. The summed E-state index contributed by atoms with van der Waals surface area (Å²) in [5.74, 6) is 2.61. The van der Waals surface area contributed by atoms with Crippen molar-refractivity contribution in [2.75, 3.05) is 11.9 Å². The van der Waals surface area contributed by atoms with Gasteiger partial charge >= 0.3 is 0 Å². The largest absolute Gasteiger partial charge is 0.385 e. The predicted molar refractivity (Wildman–Crippen MR) is 138 cm³/mol. The van der Waals surface area contributed by atoms with Gasteiger partial charge in [0.15, 0.2) is 0 Å². The lowest BCUT2D eigenvalue weighted by molar-refractivity contribution is 0.0330. The topological polar surface area (TPSA) is 12.0 Å². The van der Waals surface area contributed by atoms with Crippen LogP contribution in [0.4, 0.5) is 5.69 Å². The first-order valence-electron chi connectivity index (χ1n) is 13.9. The number of rotatable bonds is 11. The van der Waals surface area contributed by atoms with Crippen LogP contribution >= 0.6 is 0 Å². The van der Waals surface area contributed by atoms with Crippen LogP contribution in [0.5, 0.6) is 0 Å². The van der Waals surface area contributed by atoms with Crippen LogP contribution in [0.25, 0.3) is 0 Å². The van der Waals surface area contributed by atoms with Gasteiger partial charge in [0, 0.05) is 12.2 Å². The monoisotopic (exact) mass is 425 g/mol. The average Bonchev–Trinajstić information content (AvgIpc) is 2.80. The normalized spacial score (nSPS) is 26.0. The molecule has 0 aliphatic heterocycles. The molecule has 2 saturated carbocycles. The molecular weight excluding hydrogens is 374 g/mol. The summed E-state index contributed by atoms with van der Waals surface area (Å²) in [6.45, 7) is 10.6. The van der Waals surface area contributed by atoms with Crippen LogP contribution in [0.1, 0.15) is 134 Å². The third-order valence-corrected chi connectivity index (χ3v) is 9.10. The van der Waals surface area contributed by atoms with Gasteiger partial charge in [-0.2, -0.15) is 0 Å². The number of aryl methyl sites for hydroxylation is 1. The minimum atomic E-state index is 0.688. The molecule has 3 rings (SSSR count). The van der Waals surface area contributed by atoms with Gasteiger partial charge in [-0.15, -0.1) is 0 Å². The van der Waals surface area contributed by atoms with Crippen molar-refractivity contribution in [3.05, 3.63) is 29.3 Å². The van der Waals surface area contributed by atoms with E-state index in [1.54, 1.807) is 5.56 Å². The Hall–Kier alpha value is -0.980. The zero-order valence-corrected chi connectivity index (χ0v) is 21.3. The Bertz CT molecular complexity index is 634. The van der Waals surface area contributed by atoms with E-state index in [4.69, 9.17) is 0 Å². The van der Waals surface area contributed by atoms with Crippen LogP contribution in [0.3, 0.4) is 0 Å². The fraction of sp³-hybridized carbons (Fsp3) is 0.800. The molecule has 1 heteroatoms. The van der Waals surface area contributed by atoms with Crippen molar-refractivity contribution in [2.24, 2.45) is 17.3 Å². The lowest BCUT2D eigenvalue weighted by Crippen LogP contribution is -2.37. The zero-order chi connectivity index (χ0) is 22.1. The van der Waals surface area contributed by atoms with E-state index in [1.807, 2.05) is 0 Å². The fourth-order valence-corrected chi connectivity index (χ4v) is 6.98. The second kappa shape index (κ2) is 12.3. The zero-order valence-electron chi connectivity index (χ0n) is 21.3. The maximum Gasteiger partial charge on any atom is 0.0343 e. The maximum absolute atomic E-state index is 3.60. The predicted octanol–water partition coefficient (Wildman–Crippen LogP) is 9.65. The molecule has 0 aromatic heterocycles. The van der Waals surface area contributed by atoms with Gasteiger partial charge in [-0.1, -0.05) is 71.8 Å². The lowest BCUT2D eigenvalue weighted by atomic mass is 9.57. The smallest absolute Gasteiger partial charge is 0.0343 e. The Morgan fingerprint density at radius 2 is 1.65 bits per heavy atom. The number of anilines is 1. The second-order valence-electron chi connectivity index (χ2n) is 11.1. The fourth-order valence-electron chi connectivity index (χ4n) is 6.98. The molecule has 2 aliphatic carbocycles. The standard InChI is InChI=1S/C30H51N/c1-5-7-12-19-30(27-13-10-9-11-14-27)20-17-26(18-21-30)25(4)29-16-15-28(23-24(29)3)31-22-8-6-2/h15-16,23,25-27,31H,5-14,17-22H2,1-4H3/t25?,26-,30-. The van der Waals surface area contributed by atoms with Crippen molar-refractivity contribution in [1.29, 1.82) is 0 Å². The van der Waals surface area contributed by atoms with Gasteiger partial charge in [0.05, 0.1) is 0 Å². The van der Waals surface area contributed by atoms with Crippen molar-refractivity contribution < 1.29 is 0 Å². The van der Waals surface area contributed by atoms with Crippen LogP contribution in [-0.2, 0) is 0 Å². The van der Waals surface area contributed by atoms with Gasteiger partial charge < -0.3 is 5.32 Å². The summed E-state index contributed by atoms with van der Waals surface area (Å²) in [6, 6.07) is 7.15. The first kappa shape index (κ1) is 24.7. The molecule has 0 amide bonds. The number of unbranched alkanes of at least 4 members (excludes halogenated alkanes) is 3. The number of benzene rings is 1. The Balaban J connectivity index is 1.62. The van der Waals surface area contributed by atoms with Crippen molar-refractivity contribution in [3.63, 3.8) is 0 Å². The van der Waals surface area contributed by atoms with Crippen LogP contribution < -0.4 is 5.32 Å². The van der Waals surface area contributed by atoms with E-state index >= 15 is 0 Å². The van der Waals surface area contributed by atoms with Crippen molar-refractivity contribution >= 4 is 5.69 Å². The van der Waals surface area contributed by atoms with Crippen molar-refractivity contribution in [3.8, 4) is 0 Å². The van der Waals surface area contributed by atoms with E-state index in [9.17, 15) is 0 Å². The number of nitrogens with one attached hydrogen (secondary N) is 1.